The van der Waals surface area contributed by atoms with E-state index in [4.69, 9.17) is 5.11 Å². The summed E-state index contributed by atoms with van der Waals surface area (Å²) in [5, 5.41) is 8.83. The zero-order valence-electron chi connectivity index (χ0n) is 9.94. The first-order valence-electron chi connectivity index (χ1n) is 5.48. The van der Waals surface area contributed by atoms with Gasteiger partial charge in [0.1, 0.15) is 0 Å². The molecule has 0 radical (unpaired) electrons. The Bertz CT molecular complexity index is 249. The van der Waals surface area contributed by atoms with E-state index in [2.05, 4.69) is 0 Å². The molecule has 0 saturated carbocycles. The summed E-state index contributed by atoms with van der Waals surface area (Å²) in [5.41, 5.74) is 0. The summed E-state index contributed by atoms with van der Waals surface area (Å²) in [7, 11) is -2.90. The van der Waals surface area contributed by atoms with Crippen molar-refractivity contribution in [3.63, 3.8) is 0 Å². The first-order valence-corrected chi connectivity index (χ1v) is 7.30. The molecule has 5 heteroatoms. The van der Waals surface area contributed by atoms with Gasteiger partial charge in [0.25, 0.3) is 0 Å². The molecule has 0 atom stereocenters. The molecular weight excluding hydrogens is 214 g/mol. The highest BCUT2D eigenvalue weighted by Crippen LogP contribution is 2.00. The Morgan fingerprint density at radius 3 is 2.20 bits per heavy atom. The molecule has 1 N–H and O–H groups in total. The number of hydrogen-bond acceptors (Lipinski definition) is 4. The lowest BCUT2D eigenvalue weighted by molar-refractivity contribution is 0.173. The minimum Gasteiger partial charge on any atom is -0.395 e. The Hall–Kier alpha value is -0.130. The van der Waals surface area contributed by atoms with Crippen molar-refractivity contribution in [2.75, 3.05) is 31.2 Å². The lowest BCUT2D eigenvalue weighted by Crippen LogP contribution is -2.37. The number of aliphatic hydroxyl groups excluding tert-OH is 1. The first kappa shape index (κ1) is 14.9. The number of sulfone groups is 1. The van der Waals surface area contributed by atoms with Crippen molar-refractivity contribution >= 4 is 9.84 Å². The second kappa shape index (κ2) is 7.19. The third kappa shape index (κ3) is 6.87. The lowest BCUT2D eigenvalue weighted by atomic mass is 10.3. The zero-order valence-corrected chi connectivity index (χ0v) is 10.8. The average Bonchev–Trinajstić information content (AvgIpc) is 2.11. The molecule has 0 aromatic heterocycles. The summed E-state index contributed by atoms with van der Waals surface area (Å²) in [5.74, 6) is 0.455. The van der Waals surface area contributed by atoms with E-state index < -0.39 is 9.84 Å². The van der Waals surface area contributed by atoms with Gasteiger partial charge in [-0.3, -0.25) is 4.90 Å². The fourth-order valence-electron chi connectivity index (χ4n) is 1.43. The van der Waals surface area contributed by atoms with Crippen LogP contribution in [-0.2, 0) is 9.84 Å². The molecule has 0 amide bonds. The molecule has 0 spiro atoms. The van der Waals surface area contributed by atoms with Crippen molar-refractivity contribution in [2.45, 2.75) is 33.2 Å². The van der Waals surface area contributed by atoms with Gasteiger partial charge in [-0.2, -0.15) is 0 Å². The predicted octanol–water partition coefficient (Wildman–Crippen LogP) is 0.514. The van der Waals surface area contributed by atoms with Crippen molar-refractivity contribution in [2.24, 2.45) is 0 Å². The smallest absolute Gasteiger partial charge is 0.151 e. The molecule has 0 aliphatic rings. The zero-order chi connectivity index (χ0) is 11.9. The van der Waals surface area contributed by atoms with Crippen LogP contribution in [0.2, 0.25) is 0 Å². The van der Waals surface area contributed by atoms with Gasteiger partial charge in [0.15, 0.2) is 9.84 Å². The van der Waals surface area contributed by atoms with Crippen molar-refractivity contribution < 1.29 is 13.5 Å². The fourth-order valence-corrected chi connectivity index (χ4v) is 2.76. The molecule has 0 aromatic carbocycles. The van der Waals surface area contributed by atoms with Gasteiger partial charge in [-0.25, -0.2) is 8.42 Å². The fraction of sp³-hybridized carbons (Fsp3) is 1.00. The van der Waals surface area contributed by atoms with Gasteiger partial charge < -0.3 is 5.11 Å². The summed E-state index contributed by atoms with van der Waals surface area (Å²) in [6.45, 7) is 7.00. The molecule has 0 heterocycles. The maximum Gasteiger partial charge on any atom is 0.151 e. The number of hydrogen-bond donors (Lipinski definition) is 1. The Labute approximate surface area is 93.2 Å². The van der Waals surface area contributed by atoms with E-state index in [9.17, 15) is 8.42 Å². The van der Waals surface area contributed by atoms with Crippen LogP contribution in [0.3, 0.4) is 0 Å². The van der Waals surface area contributed by atoms with Gasteiger partial charge in [0, 0.05) is 24.9 Å². The van der Waals surface area contributed by atoms with E-state index in [1.54, 1.807) is 0 Å². The molecular formula is C10H23NO3S. The Morgan fingerprint density at radius 1 is 1.20 bits per heavy atom. The van der Waals surface area contributed by atoms with Gasteiger partial charge in [-0.15, -0.1) is 0 Å². The summed E-state index contributed by atoms with van der Waals surface area (Å²) >= 11 is 0. The molecule has 0 bridgehead atoms. The van der Waals surface area contributed by atoms with Crippen molar-refractivity contribution in [1.82, 2.24) is 4.90 Å². The van der Waals surface area contributed by atoms with Gasteiger partial charge in [-0.1, -0.05) is 6.92 Å². The van der Waals surface area contributed by atoms with Crippen LogP contribution in [0.4, 0.5) is 0 Å². The molecule has 0 aliphatic heterocycles. The average molecular weight is 237 g/mol. The number of nitrogens with zero attached hydrogens (tertiary/aromatic N) is 1. The Morgan fingerprint density at radius 2 is 1.80 bits per heavy atom. The van der Waals surface area contributed by atoms with Crippen LogP contribution in [0, 0.1) is 0 Å². The monoisotopic (exact) mass is 237 g/mol. The summed E-state index contributed by atoms with van der Waals surface area (Å²) in [6.07, 6.45) is 0.671. The highest BCUT2D eigenvalue weighted by molar-refractivity contribution is 7.91. The largest absolute Gasteiger partial charge is 0.395 e. The van der Waals surface area contributed by atoms with Crippen LogP contribution in [0.25, 0.3) is 0 Å². The van der Waals surface area contributed by atoms with Crippen LogP contribution in [-0.4, -0.2) is 55.7 Å². The van der Waals surface area contributed by atoms with Crippen molar-refractivity contribution in [1.29, 1.82) is 0 Å². The number of aliphatic hydroxyl groups is 1. The van der Waals surface area contributed by atoms with E-state index in [0.717, 1.165) is 0 Å². The normalized spacial score (nSPS) is 12.7. The van der Waals surface area contributed by atoms with E-state index in [-0.39, 0.29) is 24.2 Å². The van der Waals surface area contributed by atoms with E-state index in [1.807, 2.05) is 25.7 Å². The topological polar surface area (TPSA) is 57.6 Å². The molecule has 0 unspecified atom stereocenters. The maximum atomic E-state index is 11.5. The minimum absolute atomic E-state index is 0.0754. The van der Waals surface area contributed by atoms with Crippen LogP contribution in [0.5, 0.6) is 0 Å². The van der Waals surface area contributed by atoms with Gasteiger partial charge >= 0.3 is 0 Å². The quantitative estimate of drug-likeness (QED) is 0.668. The highest BCUT2D eigenvalue weighted by atomic mass is 32.2. The standard InChI is InChI=1S/C10H23NO3S/c1-4-8-15(13,14)9-6-11(5-7-12)10(2)3/h10,12H,4-9H2,1-3H3. The minimum atomic E-state index is -2.90. The molecule has 4 nitrogen and oxygen atoms in total. The summed E-state index contributed by atoms with van der Waals surface area (Å²) in [6, 6.07) is 0.272. The van der Waals surface area contributed by atoms with Crippen molar-refractivity contribution in [3.8, 4) is 0 Å². The van der Waals surface area contributed by atoms with Gasteiger partial charge in [0.05, 0.1) is 12.4 Å². The van der Waals surface area contributed by atoms with Crippen LogP contribution in [0.1, 0.15) is 27.2 Å². The SMILES string of the molecule is CCCS(=O)(=O)CCN(CCO)C(C)C. The van der Waals surface area contributed by atoms with Crippen LogP contribution >= 0.6 is 0 Å². The second-order valence-electron chi connectivity index (χ2n) is 4.01. The molecule has 0 rings (SSSR count). The predicted molar refractivity (Wildman–Crippen MR) is 62.7 cm³/mol. The molecule has 0 fully saturated rings. The molecule has 0 saturated heterocycles. The molecule has 92 valence electrons. The lowest BCUT2D eigenvalue weighted by Gasteiger charge is -2.25. The van der Waals surface area contributed by atoms with Gasteiger partial charge in [0.2, 0.25) is 0 Å². The summed E-state index contributed by atoms with van der Waals surface area (Å²) < 4.78 is 22.9. The molecule has 0 aliphatic carbocycles. The summed E-state index contributed by atoms with van der Waals surface area (Å²) in [4.78, 5) is 1.98. The maximum absolute atomic E-state index is 11.5. The number of rotatable bonds is 8. The third-order valence-corrected chi connectivity index (χ3v) is 4.16. The van der Waals surface area contributed by atoms with E-state index in [0.29, 0.717) is 19.5 Å². The van der Waals surface area contributed by atoms with E-state index >= 15 is 0 Å². The van der Waals surface area contributed by atoms with Crippen LogP contribution in [0.15, 0.2) is 0 Å². The molecule has 15 heavy (non-hydrogen) atoms. The first-order chi connectivity index (χ1) is 6.93. The van der Waals surface area contributed by atoms with Crippen molar-refractivity contribution in [3.05, 3.63) is 0 Å². The van der Waals surface area contributed by atoms with Gasteiger partial charge in [-0.05, 0) is 20.3 Å². The second-order valence-corrected chi connectivity index (χ2v) is 6.31. The van der Waals surface area contributed by atoms with Crippen LogP contribution < -0.4 is 0 Å². The van der Waals surface area contributed by atoms with E-state index in [1.165, 1.54) is 0 Å². The Kier molecular flexibility index (Phi) is 7.13. The highest BCUT2D eigenvalue weighted by Gasteiger charge is 2.14. The molecule has 0 aromatic rings. The Balaban J connectivity index is 4.09. The third-order valence-electron chi connectivity index (χ3n) is 2.32.